The summed E-state index contributed by atoms with van der Waals surface area (Å²) in [6.07, 6.45) is 0. The van der Waals surface area contributed by atoms with Gasteiger partial charge in [-0.25, -0.2) is 0 Å². The van der Waals surface area contributed by atoms with Gasteiger partial charge in [-0.2, -0.15) is 5.10 Å². The van der Waals surface area contributed by atoms with Gasteiger partial charge in [0.25, 0.3) is 11.8 Å². The van der Waals surface area contributed by atoms with Crippen molar-refractivity contribution in [2.75, 3.05) is 31.6 Å². The van der Waals surface area contributed by atoms with Crippen LogP contribution in [0.25, 0.3) is 10.2 Å². The lowest BCUT2D eigenvalue weighted by atomic mass is 9.87. The number of hydrogen-bond acceptors (Lipinski definition) is 5. The number of ether oxygens (including phenoxy) is 1. The second-order valence-corrected chi connectivity index (χ2v) is 9.14. The predicted molar refractivity (Wildman–Crippen MR) is 114 cm³/mol. The Morgan fingerprint density at radius 1 is 1.17 bits per heavy atom. The van der Waals surface area contributed by atoms with Crippen molar-refractivity contribution >= 4 is 39.2 Å². The van der Waals surface area contributed by atoms with Crippen LogP contribution < -0.4 is 5.32 Å². The van der Waals surface area contributed by atoms with Gasteiger partial charge in [-0.1, -0.05) is 32.9 Å². The van der Waals surface area contributed by atoms with Gasteiger partial charge in [-0.15, -0.1) is 11.3 Å². The molecule has 8 heteroatoms. The number of nitrogens with one attached hydrogen (secondary N) is 2. The highest BCUT2D eigenvalue weighted by Crippen LogP contribution is 2.30. The Morgan fingerprint density at radius 3 is 2.52 bits per heavy atom. The van der Waals surface area contributed by atoms with E-state index < -0.39 is 0 Å². The van der Waals surface area contributed by atoms with Crippen LogP contribution in [-0.2, 0) is 10.2 Å². The third kappa shape index (κ3) is 4.04. The topological polar surface area (TPSA) is 87.3 Å². The first-order valence-corrected chi connectivity index (χ1v) is 10.4. The van der Waals surface area contributed by atoms with Crippen LogP contribution in [0.5, 0.6) is 0 Å². The van der Waals surface area contributed by atoms with Crippen LogP contribution in [0.2, 0.25) is 0 Å². The van der Waals surface area contributed by atoms with Gasteiger partial charge in [-0.3, -0.25) is 14.7 Å². The third-order valence-corrected chi connectivity index (χ3v) is 6.03. The molecular weight excluding hydrogens is 388 g/mol. The van der Waals surface area contributed by atoms with Crippen LogP contribution in [0, 0.1) is 0 Å². The van der Waals surface area contributed by atoms with Gasteiger partial charge in [0.15, 0.2) is 0 Å². The van der Waals surface area contributed by atoms with E-state index in [2.05, 4.69) is 36.3 Å². The first-order valence-electron chi connectivity index (χ1n) is 9.60. The Bertz CT molecular complexity index is 1040. The quantitative estimate of drug-likeness (QED) is 0.687. The van der Waals surface area contributed by atoms with Crippen LogP contribution >= 0.6 is 11.3 Å². The van der Waals surface area contributed by atoms with Gasteiger partial charge in [0.05, 0.1) is 23.5 Å². The molecule has 1 aliphatic heterocycles. The lowest BCUT2D eigenvalue weighted by molar-refractivity contribution is 0.0306. The maximum absolute atomic E-state index is 12.7. The second kappa shape index (κ2) is 7.61. The monoisotopic (exact) mass is 412 g/mol. The number of carbonyl (C=O) groups excluding carboxylic acids is 2. The molecule has 0 atom stereocenters. The van der Waals surface area contributed by atoms with Crippen molar-refractivity contribution in [3.8, 4) is 0 Å². The predicted octanol–water partition coefficient (Wildman–Crippen LogP) is 3.65. The zero-order valence-electron chi connectivity index (χ0n) is 16.7. The fourth-order valence-electron chi connectivity index (χ4n) is 3.24. The van der Waals surface area contributed by atoms with Crippen LogP contribution in [0.4, 0.5) is 5.82 Å². The third-order valence-electron chi connectivity index (χ3n) is 5.01. The minimum atomic E-state index is -0.219. The van der Waals surface area contributed by atoms with E-state index in [1.165, 1.54) is 16.9 Å². The molecule has 0 bridgehead atoms. The van der Waals surface area contributed by atoms with Gasteiger partial charge in [0.1, 0.15) is 10.6 Å². The van der Waals surface area contributed by atoms with Crippen molar-refractivity contribution in [1.29, 1.82) is 0 Å². The lowest BCUT2D eigenvalue weighted by Crippen LogP contribution is -2.40. The molecule has 2 aromatic heterocycles. The fraction of sp³-hybridized carbons (Fsp3) is 0.381. The van der Waals surface area contributed by atoms with Crippen molar-refractivity contribution in [3.63, 3.8) is 0 Å². The lowest BCUT2D eigenvalue weighted by Gasteiger charge is -2.26. The van der Waals surface area contributed by atoms with Gasteiger partial charge in [0.2, 0.25) is 0 Å². The van der Waals surface area contributed by atoms with Crippen molar-refractivity contribution in [1.82, 2.24) is 15.1 Å². The molecule has 1 saturated heterocycles. The maximum Gasteiger partial charge on any atom is 0.264 e. The molecule has 1 fully saturated rings. The second-order valence-electron chi connectivity index (χ2n) is 8.11. The largest absolute Gasteiger partial charge is 0.378 e. The molecule has 0 radical (unpaired) electrons. The normalized spacial score (nSPS) is 14.9. The van der Waals surface area contributed by atoms with Crippen molar-refractivity contribution in [2.45, 2.75) is 26.2 Å². The number of hydrogen-bond donors (Lipinski definition) is 2. The van der Waals surface area contributed by atoms with E-state index in [9.17, 15) is 9.59 Å². The van der Waals surface area contributed by atoms with Gasteiger partial charge in [-0.05, 0) is 29.2 Å². The molecule has 0 unspecified atom stereocenters. The maximum atomic E-state index is 12.7. The Kier molecular flexibility index (Phi) is 5.14. The highest BCUT2D eigenvalue weighted by molar-refractivity contribution is 7.20. The molecule has 1 aliphatic rings. The van der Waals surface area contributed by atoms with Crippen LogP contribution in [-0.4, -0.2) is 53.2 Å². The zero-order chi connectivity index (χ0) is 20.6. The van der Waals surface area contributed by atoms with E-state index in [0.717, 1.165) is 5.39 Å². The summed E-state index contributed by atoms with van der Waals surface area (Å²) in [5, 5.41) is 10.7. The highest BCUT2D eigenvalue weighted by Gasteiger charge is 2.23. The van der Waals surface area contributed by atoms with Gasteiger partial charge in [0, 0.05) is 18.7 Å². The van der Waals surface area contributed by atoms with Crippen LogP contribution in [0.3, 0.4) is 0 Å². The van der Waals surface area contributed by atoms with Crippen molar-refractivity contribution in [3.05, 3.63) is 46.3 Å². The molecule has 29 heavy (non-hydrogen) atoms. The summed E-state index contributed by atoms with van der Waals surface area (Å²) < 4.78 is 5.31. The summed E-state index contributed by atoms with van der Waals surface area (Å²) in [5.74, 6) is 0.261. The molecule has 4 rings (SSSR count). The minimum Gasteiger partial charge on any atom is -0.378 e. The summed E-state index contributed by atoms with van der Waals surface area (Å²) >= 11 is 1.32. The molecule has 0 aliphatic carbocycles. The summed E-state index contributed by atoms with van der Waals surface area (Å²) in [4.78, 5) is 28.4. The Balaban J connectivity index is 1.51. The number of rotatable bonds is 3. The number of carbonyl (C=O) groups is 2. The molecule has 2 amide bonds. The number of benzene rings is 1. The van der Waals surface area contributed by atoms with E-state index in [4.69, 9.17) is 4.74 Å². The molecular formula is C21H24N4O3S. The van der Waals surface area contributed by atoms with Crippen LogP contribution in [0.1, 0.15) is 46.4 Å². The van der Waals surface area contributed by atoms with E-state index >= 15 is 0 Å². The molecule has 2 N–H and O–H groups in total. The number of thiophene rings is 1. The number of nitrogens with zero attached hydrogens (tertiary/aromatic N) is 2. The average Bonchev–Trinajstić information content (AvgIpc) is 3.29. The van der Waals surface area contributed by atoms with E-state index in [0.29, 0.717) is 47.4 Å². The van der Waals surface area contributed by atoms with E-state index in [-0.39, 0.29) is 17.2 Å². The summed E-state index contributed by atoms with van der Waals surface area (Å²) in [6, 6.07) is 9.39. The molecule has 0 saturated carbocycles. The number of aromatic nitrogens is 2. The molecule has 3 aromatic rings. The number of anilines is 1. The first kappa shape index (κ1) is 19.6. The Labute approximate surface area is 173 Å². The molecule has 1 aromatic carbocycles. The Morgan fingerprint density at radius 2 is 1.86 bits per heavy atom. The standard InChI is InChI=1S/C21H24N4O3S/c1-21(2,3)14-6-4-13(5-7-14)18(26)22-17-15-12-16(29-19(15)24-23-17)20(27)25-8-10-28-11-9-25/h4-7,12H,8-11H2,1-3H3,(H2,22,23,24,26). The molecule has 0 spiro atoms. The number of morpholine rings is 1. The molecule has 7 nitrogen and oxygen atoms in total. The minimum absolute atomic E-state index is 0.0219. The highest BCUT2D eigenvalue weighted by atomic mass is 32.1. The van der Waals surface area contributed by atoms with Crippen molar-refractivity contribution in [2.24, 2.45) is 0 Å². The van der Waals surface area contributed by atoms with Crippen molar-refractivity contribution < 1.29 is 14.3 Å². The first-order chi connectivity index (χ1) is 13.8. The molecule has 152 valence electrons. The zero-order valence-corrected chi connectivity index (χ0v) is 17.6. The van der Waals surface area contributed by atoms with Gasteiger partial charge < -0.3 is 15.0 Å². The molecule has 3 heterocycles. The summed E-state index contributed by atoms with van der Waals surface area (Å²) in [5.41, 5.74) is 1.77. The number of fused-ring (bicyclic) bond motifs is 1. The summed E-state index contributed by atoms with van der Waals surface area (Å²) in [7, 11) is 0. The Hall–Kier alpha value is -2.71. The van der Waals surface area contributed by atoms with Crippen LogP contribution in [0.15, 0.2) is 30.3 Å². The van der Waals surface area contributed by atoms with Gasteiger partial charge >= 0.3 is 0 Å². The number of aromatic amines is 1. The van der Waals surface area contributed by atoms with E-state index in [1.54, 1.807) is 11.0 Å². The smallest absolute Gasteiger partial charge is 0.264 e. The average molecular weight is 413 g/mol. The SMILES string of the molecule is CC(C)(C)c1ccc(C(=O)Nc2[nH]nc3sc(C(=O)N4CCOCC4)cc23)cc1. The number of amides is 2. The number of H-pyrrole nitrogens is 1. The van der Waals surface area contributed by atoms with E-state index in [1.807, 2.05) is 24.3 Å². The fourth-order valence-corrected chi connectivity index (χ4v) is 4.20. The summed E-state index contributed by atoms with van der Waals surface area (Å²) in [6.45, 7) is 8.71.